The molecule has 2 aromatic rings. The number of rotatable bonds is 12. The van der Waals surface area contributed by atoms with Gasteiger partial charge in [0.15, 0.2) is 0 Å². The first-order chi connectivity index (χ1) is 19.7. The molecular formula is C37H56IN3O. The monoisotopic (exact) mass is 685 g/mol. The number of carbonyl (C=O) groups excluding carboxylic acids is 1. The van der Waals surface area contributed by atoms with Gasteiger partial charge in [-0.15, -0.1) is 0 Å². The van der Waals surface area contributed by atoms with Gasteiger partial charge >= 0.3 is 0 Å². The summed E-state index contributed by atoms with van der Waals surface area (Å²) in [5, 5.41) is 0. The second kappa shape index (κ2) is 14.0. The number of hydrogen-bond acceptors (Lipinski definition) is 3. The summed E-state index contributed by atoms with van der Waals surface area (Å²) < 4.78 is 1.26. The van der Waals surface area contributed by atoms with E-state index < -0.39 is 0 Å². The molecule has 4 nitrogen and oxygen atoms in total. The van der Waals surface area contributed by atoms with Gasteiger partial charge < -0.3 is 15.5 Å². The van der Waals surface area contributed by atoms with Gasteiger partial charge in [0.05, 0.1) is 5.92 Å². The molecule has 0 spiro atoms. The number of fused-ring (bicyclic) bond motifs is 2. The first-order valence-corrected chi connectivity index (χ1v) is 17.5. The number of unbranched alkanes of at least 4 members (excludes halogenated alkanes) is 6. The number of hydrogen-bond donors (Lipinski definition) is 1. The van der Waals surface area contributed by atoms with Crippen molar-refractivity contribution in [3.05, 3.63) is 63.2 Å². The molecule has 2 aromatic carbocycles. The Morgan fingerprint density at radius 1 is 0.786 bits per heavy atom. The molecule has 4 fully saturated rings. The molecule has 2 saturated carbocycles. The zero-order chi connectivity index (χ0) is 29.2. The number of nitrogens with zero attached hydrogens (tertiary/aromatic N) is 2. The highest BCUT2D eigenvalue weighted by molar-refractivity contribution is 14.1. The zero-order valence-corrected chi connectivity index (χ0v) is 28.0. The van der Waals surface area contributed by atoms with Crippen LogP contribution in [0.25, 0.3) is 0 Å². The maximum absolute atomic E-state index is 12.6. The summed E-state index contributed by atoms with van der Waals surface area (Å²) in [5.41, 5.74) is 10.2. The summed E-state index contributed by atoms with van der Waals surface area (Å²) in [7, 11) is 0. The van der Waals surface area contributed by atoms with Crippen molar-refractivity contribution in [1.29, 1.82) is 0 Å². The SMILES string of the molecule is C.CCCCCCN1CC2C(C1)C2(C)c1cccc(N)c1.CCCCCCN1CC2C(C1=O)C2(C)c1cccc(I)c1. The average Bonchev–Trinajstić information content (AvgIpc) is 3.52. The van der Waals surface area contributed by atoms with Crippen molar-refractivity contribution in [3.63, 3.8) is 0 Å². The lowest BCUT2D eigenvalue weighted by molar-refractivity contribution is -0.130. The van der Waals surface area contributed by atoms with Gasteiger partial charge in [-0.05, 0) is 95.1 Å². The molecule has 2 aliphatic carbocycles. The van der Waals surface area contributed by atoms with E-state index in [0.717, 1.165) is 30.6 Å². The van der Waals surface area contributed by atoms with Crippen LogP contribution in [0.4, 0.5) is 5.69 Å². The van der Waals surface area contributed by atoms with Crippen molar-refractivity contribution in [3.8, 4) is 0 Å². The fourth-order valence-corrected chi connectivity index (χ4v) is 8.75. The minimum atomic E-state index is 0. The summed E-state index contributed by atoms with van der Waals surface area (Å²) in [6.07, 6.45) is 10.5. The van der Waals surface area contributed by atoms with Crippen LogP contribution >= 0.6 is 22.6 Å². The Balaban J connectivity index is 0.000000189. The van der Waals surface area contributed by atoms with E-state index in [2.05, 4.69) is 103 Å². The Hall–Kier alpha value is -1.60. The Morgan fingerprint density at radius 3 is 1.93 bits per heavy atom. The summed E-state index contributed by atoms with van der Waals surface area (Å²) >= 11 is 2.36. The predicted octanol–water partition coefficient (Wildman–Crippen LogP) is 8.52. The van der Waals surface area contributed by atoms with E-state index in [1.54, 1.807) is 0 Å². The Kier molecular flexibility index (Phi) is 11.1. The lowest BCUT2D eigenvalue weighted by Gasteiger charge is -2.24. The Morgan fingerprint density at radius 2 is 1.38 bits per heavy atom. The standard InChI is InChI=1S/C18H24INO.C18H28N2.CH4/c1-3-4-5-6-10-20-12-15-16(17(20)21)18(15,2)13-8-7-9-14(19)11-13;1-3-4-5-6-10-20-12-16-17(13-20)18(16,2)14-8-7-9-15(19)11-14;/h7-9,11,15-16H,3-6,10,12H2,1-2H3;7-9,11,16-17H,3-6,10,12-13,19H2,1-2H3;1H4. The third-order valence-electron chi connectivity index (χ3n) is 11.1. The summed E-state index contributed by atoms with van der Waals surface area (Å²) in [6.45, 7) is 15.0. The van der Waals surface area contributed by atoms with Crippen molar-refractivity contribution >= 4 is 34.2 Å². The number of likely N-dealkylation sites (tertiary alicyclic amines) is 2. The number of anilines is 1. The number of halogens is 1. The molecule has 42 heavy (non-hydrogen) atoms. The number of piperidine rings is 2. The third-order valence-corrected chi connectivity index (χ3v) is 11.8. The van der Waals surface area contributed by atoms with E-state index in [9.17, 15) is 4.79 Å². The van der Waals surface area contributed by atoms with Gasteiger partial charge in [0, 0.05) is 46.3 Å². The predicted molar refractivity (Wildman–Crippen MR) is 187 cm³/mol. The van der Waals surface area contributed by atoms with E-state index in [0.29, 0.717) is 17.2 Å². The molecule has 0 aromatic heterocycles. The molecule has 0 bridgehead atoms. The molecule has 4 aliphatic rings. The van der Waals surface area contributed by atoms with E-state index in [1.807, 2.05) is 6.07 Å². The molecular weight excluding hydrogens is 629 g/mol. The van der Waals surface area contributed by atoms with Gasteiger partial charge in [0.25, 0.3) is 0 Å². The van der Waals surface area contributed by atoms with E-state index in [-0.39, 0.29) is 18.8 Å². The van der Waals surface area contributed by atoms with Gasteiger partial charge in [0.1, 0.15) is 0 Å². The molecule has 2 saturated heterocycles. The first kappa shape index (κ1) is 33.3. The van der Waals surface area contributed by atoms with Crippen molar-refractivity contribution in [2.75, 3.05) is 38.5 Å². The highest BCUT2D eigenvalue weighted by atomic mass is 127. The number of carbonyl (C=O) groups is 1. The van der Waals surface area contributed by atoms with Crippen molar-refractivity contribution in [1.82, 2.24) is 9.80 Å². The highest BCUT2D eigenvalue weighted by Gasteiger charge is 2.70. The molecule has 5 atom stereocenters. The summed E-state index contributed by atoms with van der Waals surface area (Å²) in [6, 6.07) is 17.2. The molecule has 2 aliphatic heterocycles. The van der Waals surface area contributed by atoms with Crippen molar-refractivity contribution < 1.29 is 4.79 Å². The van der Waals surface area contributed by atoms with E-state index >= 15 is 0 Å². The van der Waals surface area contributed by atoms with Crippen molar-refractivity contribution in [2.24, 2.45) is 23.7 Å². The maximum atomic E-state index is 12.6. The lowest BCUT2D eigenvalue weighted by Crippen LogP contribution is -2.34. The van der Waals surface area contributed by atoms with Gasteiger partial charge in [0.2, 0.25) is 5.91 Å². The minimum Gasteiger partial charge on any atom is -0.399 e. The maximum Gasteiger partial charge on any atom is 0.226 e. The zero-order valence-electron chi connectivity index (χ0n) is 25.9. The molecule has 2 heterocycles. The summed E-state index contributed by atoms with van der Waals surface area (Å²) in [4.78, 5) is 17.4. The van der Waals surface area contributed by atoms with Crippen LogP contribution in [0, 0.1) is 27.2 Å². The molecule has 232 valence electrons. The fourth-order valence-electron chi connectivity index (χ4n) is 8.21. The normalized spacial score (nSPS) is 30.7. The number of nitrogen functional groups attached to an aromatic ring is 1. The number of nitrogens with two attached hydrogens (primary N) is 1. The van der Waals surface area contributed by atoms with Crippen LogP contribution in [0.15, 0.2) is 48.5 Å². The second-order valence-electron chi connectivity index (χ2n) is 13.7. The molecule has 5 heteroatoms. The molecule has 5 unspecified atom stereocenters. The third kappa shape index (κ3) is 6.57. The molecule has 2 N–H and O–H groups in total. The number of benzene rings is 2. The van der Waals surface area contributed by atoms with Gasteiger partial charge in [-0.2, -0.15) is 0 Å². The van der Waals surface area contributed by atoms with Crippen LogP contribution < -0.4 is 5.73 Å². The fraction of sp³-hybridized carbons (Fsp3) is 0.649. The molecule has 1 amide bonds. The second-order valence-corrected chi connectivity index (χ2v) is 14.9. The smallest absolute Gasteiger partial charge is 0.226 e. The summed E-state index contributed by atoms with van der Waals surface area (Å²) in [5.74, 6) is 2.89. The average molecular weight is 686 g/mol. The molecule has 0 radical (unpaired) electrons. The topological polar surface area (TPSA) is 49.6 Å². The molecule has 6 rings (SSSR count). The Labute approximate surface area is 270 Å². The van der Waals surface area contributed by atoms with Crippen LogP contribution in [-0.2, 0) is 15.6 Å². The van der Waals surface area contributed by atoms with Crippen LogP contribution in [0.2, 0.25) is 0 Å². The lowest BCUT2D eigenvalue weighted by atomic mass is 9.92. The quantitative estimate of drug-likeness (QED) is 0.139. The highest BCUT2D eigenvalue weighted by Crippen LogP contribution is 2.64. The van der Waals surface area contributed by atoms with E-state index in [1.165, 1.54) is 85.7 Å². The van der Waals surface area contributed by atoms with Crippen LogP contribution in [0.3, 0.4) is 0 Å². The Bertz CT molecular complexity index is 1190. The number of amides is 1. The van der Waals surface area contributed by atoms with Gasteiger partial charge in [-0.3, -0.25) is 4.79 Å². The largest absolute Gasteiger partial charge is 0.399 e. The van der Waals surface area contributed by atoms with Crippen LogP contribution in [0.1, 0.15) is 97.6 Å². The van der Waals surface area contributed by atoms with Gasteiger partial charge in [-0.1, -0.05) is 97.9 Å². The van der Waals surface area contributed by atoms with Crippen LogP contribution in [-0.4, -0.2) is 48.4 Å². The van der Waals surface area contributed by atoms with Crippen LogP contribution in [0.5, 0.6) is 0 Å². The van der Waals surface area contributed by atoms with E-state index in [4.69, 9.17) is 5.73 Å². The first-order valence-electron chi connectivity index (χ1n) is 16.4. The van der Waals surface area contributed by atoms with Crippen molar-refractivity contribution in [2.45, 2.75) is 97.3 Å². The van der Waals surface area contributed by atoms with Gasteiger partial charge in [-0.25, -0.2) is 0 Å². The minimum absolute atomic E-state index is 0.